The number of ether oxygens (including phenoxy) is 1. The summed E-state index contributed by atoms with van der Waals surface area (Å²) in [5, 5.41) is 0. The van der Waals surface area contributed by atoms with Crippen molar-refractivity contribution < 1.29 is 9.15 Å². The molecule has 0 saturated heterocycles. The molecule has 0 radical (unpaired) electrons. The van der Waals surface area contributed by atoms with Crippen molar-refractivity contribution in [2.75, 3.05) is 0 Å². The first-order valence-electron chi connectivity index (χ1n) is 6.08. The molecule has 18 heavy (non-hydrogen) atoms. The molecule has 1 aromatic heterocycles. The van der Waals surface area contributed by atoms with Gasteiger partial charge in [0.15, 0.2) is 0 Å². The third-order valence-electron chi connectivity index (χ3n) is 2.99. The summed E-state index contributed by atoms with van der Waals surface area (Å²) in [6, 6.07) is 8.13. The van der Waals surface area contributed by atoms with E-state index < -0.39 is 0 Å². The molecule has 0 saturated carbocycles. The average Bonchev–Trinajstić information content (AvgIpc) is 2.69. The van der Waals surface area contributed by atoms with Gasteiger partial charge in [0.25, 0.3) is 0 Å². The topological polar surface area (TPSA) is 48.4 Å². The van der Waals surface area contributed by atoms with Crippen LogP contribution in [0.15, 0.2) is 28.7 Å². The van der Waals surface area contributed by atoms with Crippen LogP contribution in [-0.2, 0) is 13.2 Å². The number of aryl methyl sites for hydroxylation is 3. The number of furan rings is 1. The minimum atomic E-state index is 0.421. The number of hydrogen-bond donors (Lipinski definition) is 1. The van der Waals surface area contributed by atoms with Gasteiger partial charge in [0, 0.05) is 5.56 Å². The summed E-state index contributed by atoms with van der Waals surface area (Å²) in [4.78, 5) is 0. The molecule has 3 heteroatoms. The Bertz CT molecular complexity index is 543. The lowest BCUT2D eigenvalue weighted by Crippen LogP contribution is -1.97. The zero-order chi connectivity index (χ0) is 13.1. The molecule has 2 aromatic rings. The van der Waals surface area contributed by atoms with E-state index in [1.54, 1.807) is 0 Å². The third kappa shape index (κ3) is 2.74. The van der Waals surface area contributed by atoms with Crippen LogP contribution in [0.1, 0.15) is 28.2 Å². The van der Waals surface area contributed by atoms with Gasteiger partial charge in [-0.25, -0.2) is 0 Å². The fourth-order valence-electron chi connectivity index (χ4n) is 1.95. The van der Waals surface area contributed by atoms with Crippen LogP contribution < -0.4 is 10.5 Å². The number of nitrogens with two attached hydrogens (primary N) is 1. The van der Waals surface area contributed by atoms with Gasteiger partial charge < -0.3 is 14.9 Å². The summed E-state index contributed by atoms with van der Waals surface area (Å²) in [6.07, 6.45) is 0. The summed E-state index contributed by atoms with van der Waals surface area (Å²) in [7, 11) is 0. The molecule has 3 nitrogen and oxygen atoms in total. The number of rotatable bonds is 4. The summed E-state index contributed by atoms with van der Waals surface area (Å²) < 4.78 is 11.3. The SMILES string of the molecule is Cc1ccc(OCc2cc(CN)oc2C)c(C)c1. The largest absolute Gasteiger partial charge is 0.489 e. The Kier molecular flexibility index (Phi) is 3.72. The first-order chi connectivity index (χ1) is 8.60. The van der Waals surface area contributed by atoms with Gasteiger partial charge >= 0.3 is 0 Å². The van der Waals surface area contributed by atoms with E-state index in [-0.39, 0.29) is 0 Å². The normalized spacial score (nSPS) is 10.7. The number of hydrogen-bond acceptors (Lipinski definition) is 3. The second-order valence-electron chi connectivity index (χ2n) is 4.56. The Hall–Kier alpha value is -1.74. The molecular formula is C15H19NO2. The zero-order valence-corrected chi connectivity index (χ0v) is 11.1. The lowest BCUT2D eigenvalue weighted by atomic mass is 10.1. The molecule has 0 amide bonds. The van der Waals surface area contributed by atoms with Gasteiger partial charge in [-0.3, -0.25) is 0 Å². The van der Waals surface area contributed by atoms with E-state index in [1.165, 1.54) is 5.56 Å². The van der Waals surface area contributed by atoms with Crippen molar-refractivity contribution in [2.45, 2.75) is 33.9 Å². The fraction of sp³-hybridized carbons (Fsp3) is 0.333. The average molecular weight is 245 g/mol. The lowest BCUT2D eigenvalue weighted by molar-refractivity contribution is 0.301. The monoisotopic (exact) mass is 245 g/mol. The molecule has 1 aromatic carbocycles. The lowest BCUT2D eigenvalue weighted by Gasteiger charge is -2.09. The minimum absolute atomic E-state index is 0.421. The molecule has 2 N–H and O–H groups in total. The van der Waals surface area contributed by atoms with E-state index in [2.05, 4.69) is 26.0 Å². The second kappa shape index (κ2) is 5.27. The Labute approximate surface area is 108 Å². The van der Waals surface area contributed by atoms with Crippen LogP contribution in [0.25, 0.3) is 0 Å². The fourth-order valence-corrected chi connectivity index (χ4v) is 1.95. The van der Waals surface area contributed by atoms with E-state index in [4.69, 9.17) is 14.9 Å². The molecule has 0 spiro atoms. The van der Waals surface area contributed by atoms with Crippen LogP contribution in [-0.4, -0.2) is 0 Å². The number of benzene rings is 1. The van der Waals surface area contributed by atoms with Crippen LogP contribution >= 0.6 is 0 Å². The molecule has 0 fully saturated rings. The maximum absolute atomic E-state index is 5.82. The van der Waals surface area contributed by atoms with Crippen molar-refractivity contribution in [3.05, 3.63) is 52.5 Å². The van der Waals surface area contributed by atoms with Crippen LogP contribution in [0.2, 0.25) is 0 Å². The van der Waals surface area contributed by atoms with Crippen molar-refractivity contribution in [1.82, 2.24) is 0 Å². The van der Waals surface area contributed by atoms with Crippen molar-refractivity contribution >= 4 is 0 Å². The van der Waals surface area contributed by atoms with Crippen molar-refractivity contribution in [2.24, 2.45) is 5.73 Å². The van der Waals surface area contributed by atoms with Crippen molar-refractivity contribution in [3.8, 4) is 5.75 Å². The molecule has 0 aliphatic carbocycles. The highest BCUT2D eigenvalue weighted by molar-refractivity contribution is 5.36. The highest BCUT2D eigenvalue weighted by atomic mass is 16.5. The first-order valence-corrected chi connectivity index (χ1v) is 6.08. The van der Waals surface area contributed by atoms with E-state index in [9.17, 15) is 0 Å². The third-order valence-corrected chi connectivity index (χ3v) is 2.99. The van der Waals surface area contributed by atoms with Gasteiger partial charge in [0.2, 0.25) is 0 Å². The Balaban J connectivity index is 2.08. The molecule has 0 aliphatic heterocycles. The van der Waals surface area contributed by atoms with Gasteiger partial charge in [0.1, 0.15) is 23.9 Å². The van der Waals surface area contributed by atoms with E-state index in [0.717, 1.165) is 28.4 Å². The van der Waals surface area contributed by atoms with Gasteiger partial charge in [-0.05, 0) is 38.5 Å². The predicted molar refractivity (Wildman–Crippen MR) is 71.6 cm³/mol. The second-order valence-corrected chi connectivity index (χ2v) is 4.56. The standard InChI is InChI=1S/C15H19NO2/c1-10-4-5-15(11(2)6-10)17-9-13-7-14(8-16)18-12(13)3/h4-7H,8-9,16H2,1-3H3. The summed E-state index contributed by atoms with van der Waals surface area (Å²) >= 11 is 0. The summed E-state index contributed by atoms with van der Waals surface area (Å²) in [6.45, 7) is 6.99. The van der Waals surface area contributed by atoms with Crippen LogP contribution in [0, 0.1) is 20.8 Å². The zero-order valence-electron chi connectivity index (χ0n) is 11.1. The summed E-state index contributed by atoms with van der Waals surface area (Å²) in [5.74, 6) is 2.59. The van der Waals surface area contributed by atoms with Gasteiger partial charge in [-0.1, -0.05) is 17.7 Å². The Morgan fingerprint density at radius 1 is 1.17 bits per heavy atom. The maximum Gasteiger partial charge on any atom is 0.122 e. The van der Waals surface area contributed by atoms with E-state index in [0.29, 0.717) is 13.2 Å². The quantitative estimate of drug-likeness (QED) is 0.899. The molecule has 0 atom stereocenters. The molecule has 1 heterocycles. The molecular weight excluding hydrogens is 226 g/mol. The van der Waals surface area contributed by atoms with Crippen molar-refractivity contribution in [1.29, 1.82) is 0 Å². The van der Waals surface area contributed by atoms with Crippen LogP contribution in [0.3, 0.4) is 0 Å². The van der Waals surface area contributed by atoms with Gasteiger partial charge in [-0.15, -0.1) is 0 Å². The van der Waals surface area contributed by atoms with E-state index in [1.807, 2.05) is 19.1 Å². The highest BCUT2D eigenvalue weighted by Crippen LogP contribution is 2.22. The van der Waals surface area contributed by atoms with Crippen LogP contribution in [0.5, 0.6) is 5.75 Å². The van der Waals surface area contributed by atoms with Crippen LogP contribution in [0.4, 0.5) is 0 Å². The molecule has 0 unspecified atom stereocenters. The summed E-state index contributed by atoms with van der Waals surface area (Å²) in [5.41, 5.74) is 8.99. The van der Waals surface area contributed by atoms with Crippen molar-refractivity contribution in [3.63, 3.8) is 0 Å². The molecule has 2 rings (SSSR count). The van der Waals surface area contributed by atoms with Gasteiger partial charge in [-0.2, -0.15) is 0 Å². The minimum Gasteiger partial charge on any atom is -0.489 e. The van der Waals surface area contributed by atoms with E-state index >= 15 is 0 Å². The molecule has 0 bridgehead atoms. The Morgan fingerprint density at radius 3 is 2.56 bits per heavy atom. The molecule has 96 valence electrons. The van der Waals surface area contributed by atoms with Gasteiger partial charge in [0.05, 0.1) is 6.54 Å². The predicted octanol–water partition coefficient (Wildman–Crippen LogP) is 3.24. The first kappa shape index (κ1) is 12.7. The smallest absolute Gasteiger partial charge is 0.122 e. The highest BCUT2D eigenvalue weighted by Gasteiger charge is 2.08. The Morgan fingerprint density at radius 2 is 1.94 bits per heavy atom. The molecule has 0 aliphatic rings. The maximum atomic E-state index is 5.82.